The van der Waals surface area contributed by atoms with Gasteiger partial charge in [0.2, 0.25) is 0 Å². The summed E-state index contributed by atoms with van der Waals surface area (Å²) in [5.74, 6) is 0. The quantitative estimate of drug-likeness (QED) is 0.175. The second-order valence-corrected chi connectivity index (χ2v) is 15.2. The third-order valence-corrected chi connectivity index (χ3v) is 11.9. The first-order valence-corrected chi connectivity index (χ1v) is 20.1. The van der Waals surface area contributed by atoms with Gasteiger partial charge in [-0.3, -0.25) is 4.98 Å². The van der Waals surface area contributed by atoms with E-state index in [9.17, 15) is 0 Å². The molecule has 0 bridgehead atoms. The Hall–Kier alpha value is -7.95. The highest BCUT2D eigenvalue weighted by molar-refractivity contribution is 6.13. The molecule has 4 heteroatoms. The number of pyridine rings is 1. The molecule has 0 fully saturated rings. The van der Waals surface area contributed by atoms with E-state index in [1.807, 2.05) is 18.5 Å². The molecule has 8 aromatic carbocycles. The lowest BCUT2D eigenvalue weighted by Crippen LogP contribution is -2.11. The second kappa shape index (κ2) is 13.3. The van der Waals surface area contributed by atoms with E-state index >= 15 is 0 Å². The van der Waals surface area contributed by atoms with Crippen LogP contribution in [0.3, 0.4) is 0 Å². The zero-order valence-electron chi connectivity index (χ0n) is 32.1. The van der Waals surface area contributed by atoms with E-state index in [0.29, 0.717) is 0 Å². The van der Waals surface area contributed by atoms with E-state index < -0.39 is 0 Å². The molecule has 0 unspecified atom stereocenters. The molecule has 0 radical (unpaired) electrons. The van der Waals surface area contributed by atoms with Gasteiger partial charge >= 0.3 is 0 Å². The number of para-hydroxylation sites is 6. The Bertz CT molecular complexity index is 3330. The van der Waals surface area contributed by atoms with Crippen LogP contribution < -0.4 is 4.90 Å². The Labute approximate surface area is 342 Å². The minimum Gasteiger partial charge on any atom is -0.309 e. The van der Waals surface area contributed by atoms with Gasteiger partial charge in [-0.1, -0.05) is 127 Å². The van der Waals surface area contributed by atoms with Gasteiger partial charge < -0.3 is 14.0 Å². The molecule has 1 aliphatic rings. The smallest absolute Gasteiger partial charge is 0.0641 e. The van der Waals surface area contributed by atoms with E-state index in [0.717, 1.165) is 56.3 Å². The number of rotatable bonds is 5. The highest BCUT2D eigenvalue weighted by atomic mass is 15.2. The Morgan fingerprint density at radius 3 is 1.63 bits per heavy atom. The van der Waals surface area contributed by atoms with Gasteiger partial charge in [0, 0.05) is 67.9 Å². The van der Waals surface area contributed by atoms with Crippen molar-refractivity contribution in [2.75, 3.05) is 4.90 Å². The van der Waals surface area contributed by atoms with Crippen LogP contribution >= 0.6 is 0 Å². The fourth-order valence-corrected chi connectivity index (χ4v) is 9.38. The average Bonchev–Trinajstić information content (AvgIpc) is 3.79. The molecular weight excluding hydrogens is 717 g/mol. The first kappa shape index (κ1) is 33.2. The maximum absolute atomic E-state index is 4.55. The monoisotopic (exact) mass is 752 g/mol. The fraction of sp³-hybridized carbons (Fsp3) is 0. The van der Waals surface area contributed by atoms with E-state index in [2.05, 4.69) is 219 Å². The van der Waals surface area contributed by atoms with Gasteiger partial charge in [0.05, 0.1) is 33.6 Å². The summed E-state index contributed by atoms with van der Waals surface area (Å²) in [6.07, 6.45) is 3.80. The van der Waals surface area contributed by atoms with E-state index in [-0.39, 0.29) is 0 Å². The summed E-state index contributed by atoms with van der Waals surface area (Å²) in [4.78, 5) is 7.00. The van der Waals surface area contributed by atoms with Crippen molar-refractivity contribution in [1.82, 2.24) is 14.1 Å². The van der Waals surface area contributed by atoms with Crippen LogP contribution in [0.1, 0.15) is 0 Å². The van der Waals surface area contributed by atoms with Crippen LogP contribution in [-0.2, 0) is 0 Å². The molecule has 0 saturated heterocycles. The highest BCUT2D eigenvalue weighted by Gasteiger charge is 2.31. The lowest BCUT2D eigenvalue weighted by atomic mass is 9.95. The van der Waals surface area contributed by atoms with Crippen molar-refractivity contribution in [3.8, 4) is 56.0 Å². The van der Waals surface area contributed by atoms with Gasteiger partial charge in [-0.05, 0) is 95.6 Å². The molecule has 1 aliphatic heterocycles. The van der Waals surface area contributed by atoms with Crippen LogP contribution in [0.5, 0.6) is 0 Å². The first-order chi connectivity index (χ1) is 29.3. The number of hydrogen-bond donors (Lipinski definition) is 0. The number of nitrogens with zero attached hydrogens (tertiary/aromatic N) is 4. The lowest BCUT2D eigenvalue weighted by Gasteiger charge is -2.28. The minimum absolute atomic E-state index is 1.07. The predicted octanol–water partition coefficient (Wildman–Crippen LogP) is 14.6. The predicted molar refractivity (Wildman–Crippen MR) is 245 cm³/mol. The summed E-state index contributed by atoms with van der Waals surface area (Å²) in [5, 5.41) is 3.70. The minimum atomic E-state index is 1.07. The van der Waals surface area contributed by atoms with Gasteiger partial charge in [-0.15, -0.1) is 0 Å². The summed E-state index contributed by atoms with van der Waals surface area (Å²) in [6.45, 7) is 0. The van der Waals surface area contributed by atoms with Crippen LogP contribution in [0.4, 0.5) is 17.1 Å². The van der Waals surface area contributed by atoms with E-state index in [1.54, 1.807) is 0 Å². The summed E-state index contributed by atoms with van der Waals surface area (Å²) in [7, 11) is 0. The van der Waals surface area contributed by atoms with E-state index in [1.165, 1.54) is 49.5 Å². The fourth-order valence-electron chi connectivity index (χ4n) is 9.38. The summed E-state index contributed by atoms with van der Waals surface area (Å²) in [5.41, 5.74) is 18.3. The maximum Gasteiger partial charge on any atom is 0.0641 e. The molecular formula is C55H36N4. The van der Waals surface area contributed by atoms with Crippen LogP contribution in [0.25, 0.3) is 88.7 Å². The van der Waals surface area contributed by atoms with Crippen molar-refractivity contribution in [2.45, 2.75) is 0 Å². The zero-order chi connectivity index (χ0) is 38.9. The van der Waals surface area contributed by atoms with Gasteiger partial charge in [-0.25, -0.2) is 0 Å². The SMILES string of the molecule is c1ccc(N2c3ccccc3-c3c(n(-c4ccccc4)c4ccccc34)-c3ccc(-c4cc(-c5cccnc5)cc(-n5c6ccccc6c6ccccc65)c4)cc32)cc1. The summed E-state index contributed by atoms with van der Waals surface area (Å²) in [6, 6.07) is 74.9. The number of fused-ring (bicyclic) bond motifs is 10. The summed E-state index contributed by atoms with van der Waals surface area (Å²) < 4.78 is 4.87. The third-order valence-electron chi connectivity index (χ3n) is 11.9. The molecule has 0 amide bonds. The largest absolute Gasteiger partial charge is 0.309 e. The third kappa shape index (κ3) is 5.20. The van der Waals surface area contributed by atoms with Crippen molar-refractivity contribution in [1.29, 1.82) is 0 Å². The zero-order valence-corrected chi connectivity index (χ0v) is 32.1. The van der Waals surface area contributed by atoms with Gasteiger partial charge in [-0.2, -0.15) is 0 Å². The Balaban J connectivity index is 1.17. The lowest BCUT2D eigenvalue weighted by molar-refractivity contribution is 1.13. The molecule has 0 atom stereocenters. The number of hydrogen-bond acceptors (Lipinski definition) is 2. The molecule has 0 saturated carbocycles. The highest BCUT2D eigenvalue weighted by Crippen LogP contribution is 2.55. The normalized spacial score (nSPS) is 12.0. The van der Waals surface area contributed by atoms with Crippen molar-refractivity contribution in [2.24, 2.45) is 0 Å². The summed E-state index contributed by atoms with van der Waals surface area (Å²) >= 11 is 0. The molecule has 11 aromatic rings. The van der Waals surface area contributed by atoms with Gasteiger partial charge in [0.15, 0.2) is 0 Å². The molecule has 59 heavy (non-hydrogen) atoms. The average molecular weight is 753 g/mol. The second-order valence-electron chi connectivity index (χ2n) is 15.2. The van der Waals surface area contributed by atoms with Gasteiger partial charge in [0.1, 0.15) is 0 Å². The molecule has 0 N–H and O–H groups in total. The van der Waals surface area contributed by atoms with Crippen LogP contribution in [-0.4, -0.2) is 14.1 Å². The molecule has 3 aromatic heterocycles. The Kier molecular flexibility index (Phi) is 7.50. The topological polar surface area (TPSA) is 26.0 Å². The van der Waals surface area contributed by atoms with Crippen molar-refractivity contribution >= 4 is 49.8 Å². The molecule has 0 aliphatic carbocycles. The van der Waals surface area contributed by atoms with Gasteiger partial charge in [0.25, 0.3) is 0 Å². The molecule has 12 rings (SSSR count). The van der Waals surface area contributed by atoms with Crippen LogP contribution in [0, 0.1) is 0 Å². The Morgan fingerprint density at radius 1 is 0.339 bits per heavy atom. The first-order valence-electron chi connectivity index (χ1n) is 20.1. The standard InChI is InChI=1S/C55H36N4/c1-3-17-41(18-4-1)57-51-27-13-9-23-46(51)54-47-24-10-14-28-52(47)59(42-19-5-2-6-20-42)55(54)48-30-29-37(35-53(48)57)39-32-40(38-16-15-31-56-36-38)34-43(33-39)58-49-25-11-7-21-44(49)45-22-8-12-26-50(45)58/h1-36H. The van der Waals surface area contributed by atoms with E-state index in [4.69, 9.17) is 0 Å². The van der Waals surface area contributed by atoms with Crippen molar-refractivity contribution < 1.29 is 0 Å². The van der Waals surface area contributed by atoms with Crippen molar-refractivity contribution in [3.05, 3.63) is 219 Å². The molecule has 276 valence electrons. The number of anilines is 3. The van der Waals surface area contributed by atoms with Crippen LogP contribution in [0.2, 0.25) is 0 Å². The van der Waals surface area contributed by atoms with Crippen LogP contribution in [0.15, 0.2) is 219 Å². The van der Waals surface area contributed by atoms with Crippen molar-refractivity contribution in [3.63, 3.8) is 0 Å². The maximum atomic E-state index is 4.55. The Morgan fingerprint density at radius 2 is 0.932 bits per heavy atom. The number of benzene rings is 8. The number of aromatic nitrogens is 3. The molecule has 4 heterocycles. The molecule has 4 nitrogen and oxygen atoms in total. The molecule has 0 spiro atoms.